The molecule has 0 radical (unpaired) electrons. The fourth-order valence-electron chi connectivity index (χ4n) is 4.60. The lowest BCUT2D eigenvalue weighted by atomic mass is 9.83. The fourth-order valence-corrected chi connectivity index (χ4v) is 4.60. The van der Waals surface area contributed by atoms with E-state index in [4.69, 9.17) is 0 Å². The molecule has 1 aromatic rings. The molecule has 0 amide bonds. The molecular weight excluding hydrogens is 298 g/mol. The maximum absolute atomic E-state index is 12.1. The van der Waals surface area contributed by atoms with Gasteiger partial charge in [0, 0.05) is 6.54 Å². The van der Waals surface area contributed by atoms with Crippen LogP contribution in [0.4, 0.5) is 11.4 Å². The van der Waals surface area contributed by atoms with E-state index in [1.807, 2.05) is 0 Å². The Hall–Kier alpha value is -1.55. The summed E-state index contributed by atoms with van der Waals surface area (Å²) in [5.74, 6) is 0.254. The van der Waals surface area contributed by atoms with Crippen molar-refractivity contribution < 1.29 is 4.79 Å². The van der Waals surface area contributed by atoms with Crippen molar-refractivity contribution in [1.29, 1.82) is 0 Å². The Kier molecular flexibility index (Phi) is 4.03. The Morgan fingerprint density at radius 3 is 2.50 bits per heavy atom. The second-order valence-electron chi connectivity index (χ2n) is 7.92. The van der Waals surface area contributed by atoms with Crippen molar-refractivity contribution in [2.45, 2.75) is 64.0 Å². The number of hydrogen-bond donors (Lipinski definition) is 2. The molecule has 130 valence electrons. The smallest absolute Gasteiger partial charge is 0.151 e. The van der Waals surface area contributed by atoms with E-state index >= 15 is 0 Å². The van der Waals surface area contributed by atoms with Crippen LogP contribution in [0.25, 0.3) is 0 Å². The van der Waals surface area contributed by atoms with Gasteiger partial charge in [0.05, 0.1) is 23.0 Å². The van der Waals surface area contributed by atoms with Gasteiger partial charge >= 0.3 is 0 Å². The molecule has 1 unspecified atom stereocenters. The van der Waals surface area contributed by atoms with Crippen molar-refractivity contribution >= 4 is 17.2 Å². The highest BCUT2D eigenvalue weighted by atomic mass is 16.1. The Morgan fingerprint density at radius 2 is 1.83 bits per heavy atom. The van der Waals surface area contributed by atoms with Crippen LogP contribution in [0.3, 0.4) is 0 Å². The number of hydrogen-bond acceptors (Lipinski definition) is 4. The van der Waals surface area contributed by atoms with E-state index in [-0.39, 0.29) is 17.4 Å². The van der Waals surface area contributed by atoms with E-state index in [2.05, 4.69) is 34.6 Å². The molecule has 4 nitrogen and oxygen atoms in total. The number of anilines is 2. The SMILES string of the molecule is CC(=O)C(C)N1CC2(CCNCC2)Nc2cc3c(cc21)CCCC3. The average molecular weight is 327 g/mol. The van der Waals surface area contributed by atoms with Gasteiger partial charge in [0.15, 0.2) is 5.78 Å². The minimum atomic E-state index is -0.0562. The largest absolute Gasteiger partial charge is 0.376 e. The van der Waals surface area contributed by atoms with Crippen molar-refractivity contribution in [1.82, 2.24) is 5.32 Å². The Bertz CT molecular complexity index is 649. The number of piperidine rings is 1. The van der Waals surface area contributed by atoms with Gasteiger partial charge in [-0.2, -0.15) is 0 Å². The summed E-state index contributed by atoms with van der Waals surface area (Å²) in [6.45, 7) is 6.82. The lowest BCUT2D eigenvalue weighted by Crippen LogP contribution is -2.59. The van der Waals surface area contributed by atoms with E-state index in [0.29, 0.717) is 0 Å². The van der Waals surface area contributed by atoms with Crippen LogP contribution in [-0.4, -0.2) is 37.0 Å². The summed E-state index contributed by atoms with van der Waals surface area (Å²) in [4.78, 5) is 14.5. The maximum atomic E-state index is 12.1. The van der Waals surface area contributed by atoms with Gasteiger partial charge in [-0.3, -0.25) is 4.79 Å². The normalized spacial score (nSPS) is 23.2. The molecule has 1 aliphatic carbocycles. The van der Waals surface area contributed by atoms with Gasteiger partial charge in [0.25, 0.3) is 0 Å². The van der Waals surface area contributed by atoms with Gasteiger partial charge < -0.3 is 15.5 Å². The second-order valence-corrected chi connectivity index (χ2v) is 7.92. The topological polar surface area (TPSA) is 44.4 Å². The summed E-state index contributed by atoms with van der Waals surface area (Å²) < 4.78 is 0. The molecule has 2 heterocycles. The van der Waals surface area contributed by atoms with Crippen LogP contribution < -0.4 is 15.5 Å². The van der Waals surface area contributed by atoms with E-state index in [1.54, 1.807) is 6.92 Å². The molecule has 2 aliphatic heterocycles. The fraction of sp³-hybridized carbons (Fsp3) is 0.650. The van der Waals surface area contributed by atoms with Gasteiger partial charge in [-0.1, -0.05) is 0 Å². The van der Waals surface area contributed by atoms with Crippen molar-refractivity contribution in [3.63, 3.8) is 0 Å². The molecule has 1 saturated heterocycles. The Morgan fingerprint density at radius 1 is 1.17 bits per heavy atom. The Balaban J connectivity index is 1.77. The van der Waals surface area contributed by atoms with Gasteiger partial charge in [0.2, 0.25) is 0 Å². The monoisotopic (exact) mass is 327 g/mol. The Labute approximate surface area is 145 Å². The summed E-state index contributed by atoms with van der Waals surface area (Å²) in [7, 11) is 0. The lowest BCUT2D eigenvalue weighted by molar-refractivity contribution is -0.118. The number of fused-ring (bicyclic) bond motifs is 2. The molecular formula is C20H29N3O. The number of ketones is 1. The van der Waals surface area contributed by atoms with Crippen molar-refractivity contribution in [2.75, 3.05) is 29.9 Å². The summed E-state index contributed by atoms with van der Waals surface area (Å²) >= 11 is 0. The van der Waals surface area contributed by atoms with Crippen LogP contribution in [0.5, 0.6) is 0 Å². The molecule has 0 saturated carbocycles. The van der Waals surface area contributed by atoms with E-state index in [9.17, 15) is 4.79 Å². The van der Waals surface area contributed by atoms with E-state index < -0.39 is 0 Å². The third kappa shape index (κ3) is 2.71. The van der Waals surface area contributed by atoms with Gasteiger partial charge in [-0.15, -0.1) is 0 Å². The van der Waals surface area contributed by atoms with Crippen LogP contribution in [-0.2, 0) is 17.6 Å². The number of carbonyl (C=O) groups is 1. The van der Waals surface area contributed by atoms with Crippen LogP contribution >= 0.6 is 0 Å². The highest BCUT2D eigenvalue weighted by Gasteiger charge is 2.40. The number of benzene rings is 1. The molecule has 24 heavy (non-hydrogen) atoms. The molecule has 1 atom stereocenters. The van der Waals surface area contributed by atoms with Crippen LogP contribution in [0.15, 0.2) is 12.1 Å². The van der Waals surface area contributed by atoms with E-state index in [0.717, 1.165) is 32.5 Å². The zero-order valence-electron chi connectivity index (χ0n) is 15.0. The third-order valence-corrected chi connectivity index (χ3v) is 6.26. The van der Waals surface area contributed by atoms with Crippen LogP contribution in [0.2, 0.25) is 0 Å². The maximum Gasteiger partial charge on any atom is 0.151 e. The molecule has 3 aliphatic rings. The highest BCUT2D eigenvalue weighted by Crippen LogP contribution is 2.42. The van der Waals surface area contributed by atoms with Crippen molar-refractivity contribution in [2.24, 2.45) is 0 Å². The molecule has 0 bridgehead atoms. The average Bonchev–Trinajstić information content (AvgIpc) is 2.59. The quantitative estimate of drug-likeness (QED) is 0.877. The minimum Gasteiger partial charge on any atom is -0.376 e. The summed E-state index contributed by atoms with van der Waals surface area (Å²) in [5.41, 5.74) is 5.59. The summed E-state index contributed by atoms with van der Waals surface area (Å²) in [6.07, 6.45) is 7.20. The van der Waals surface area contributed by atoms with Crippen LogP contribution in [0, 0.1) is 0 Å². The first kappa shape index (κ1) is 15.9. The number of Topliss-reactive ketones (excluding diaryl/α,β-unsaturated/α-hetero) is 1. The van der Waals surface area contributed by atoms with E-state index in [1.165, 1.54) is 48.2 Å². The third-order valence-electron chi connectivity index (χ3n) is 6.26. The van der Waals surface area contributed by atoms with Gasteiger partial charge in [0.1, 0.15) is 0 Å². The highest BCUT2D eigenvalue weighted by molar-refractivity contribution is 5.88. The predicted octanol–water partition coefficient (Wildman–Crippen LogP) is 2.90. The van der Waals surface area contributed by atoms with Crippen molar-refractivity contribution in [3.05, 3.63) is 23.3 Å². The lowest BCUT2D eigenvalue weighted by Gasteiger charge is -2.50. The summed E-state index contributed by atoms with van der Waals surface area (Å²) in [6, 6.07) is 4.69. The number of aryl methyl sites for hydroxylation is 2. The first-order chi connectivity index (χ1) is 11.6. The standard InChI is InChI=1S/C20H29N3O/c1-14(15(2)24)23-13-20(7-9-21-10-8-20)22-18-11-16-5-3-4-6-17(16)12-19(18)23/h11-12,14,21-22H,3-10,13H2,1-2H3. The van der Waals surface area contributed by atoms with Gasteiger partial charge in [-0.25, -0.2) is 0 Å². The van der Waals surface area contributed by atoms with Crippen molar-refractivity contribution in [3.8, 4) is 0 Å². The zero-order chi connectivity index (χ0) is 16.7. The molecule has 2 N–H and O–H groups in total. The molecule has 1 aromatic carbocycles. The number of rotatable bonds is 2. The summed E-state index contributed by atoms with van der Waals surface area (Å²) in [5, 5.41) is 7.36. The number of nitrogens with zero attached hydrogens (tertiary/aromatic N) is 1. The zero-order valence-corrected chi connectivity index (χ0v) is 15.0. The van der Waals surface area contributed by atoms with Gasteiger partial charge in [-0.05, 0) is 88.7 Å². The first-order valence-electron chi connectivity index (χ1n) is 9.50. The molecule has 0 aromatic heterocycles. The first-order valence-corrected chi connectivity index (χ1v) is 9.50. The molecule has 4 rings (SSSR count). The van der Waals surface area contributed by atoms with Crippen LogP contribution in [0.1, 0.15) is 50.7 Å². The number of nitrogens with one attached hydrogen (secondary N) is 2. The molecule has 1 fully saturated rings. The minimum absolute atomic E-state index is 0.0562. The molecule has 4 heteroatoms. The molecule has 1 spiro atoms. The predicted molar refractivity (Wildman–Crippen MR) is 99.0 cm³/mol. The number of carbonyl (C=O) groups excluding carboxylic acids is 1. The second kappa shape index (κ2) is 6.07.